The number of anilines is 1. The highest BCUT2D eigenvalue weighted by Gasteiger charge is 2.24. The molecule has 19 heavy (non-hydrogen) atoms. The monoisotopic (exact) mass is 287 g/mol. The molecule has 0 saturated heterocycles. The summed E-state index contributed by atoms with van der Waals surface area (Å²) in [5.41, 5.74) is 5.85. The Morgan fingerprint density at radius 1 is 1.47 bits per heavy atom. The van der Waals surface area contributed by atoms with E-state index in [0.717, 1.165) is 0 Å². The van der Waals surface area contributed by atoms with Gasteiger partial charge in [0.05, 0.1) is 12.3 Å². The number of nitrogens with two attached hydrogens (primary N) is 1. The Balaban J connectivity index is 2.91. The van der Waals surface area contributed by atoms with Gasteiger partial charge in [0.1, 0.15) is 4.90 Å². The van der Waals surface area contributed by atoms with Crippen LogP contribution in [0.25, 0.3) is 0 Å². The zero-order valence-electron chi connectivity index (χ0n) is 11.5. The molecule has 3 N–H and O–H groups in total. The van der Waals surface area contributed by atoms with Crippen molar-refractivity contribution in [3.63, 3.8) is 0 Å². The lowest BCUT2D eigenvalue weighted by Crippen LogP contribution is -2.42. The predicted octanol–water partition coefficient (Wildman–Crippen LogP) is 1.00. The summed E-state index contributed by atoms with van der Waals surface area (Å²) in [5.74, 6) is 0.110. The maximum absolute atomic E-state index is 12.2. The third-order valence-corrected chi connectivity index (χ3v) is 4.25. The highest BCUT2D eigenvalue weighted by Crippen LogP contribution is 2.17. The fourth-order valence-electron chi connectivity index (χ4n) is 1.49. The molecule has 0 bridgehead atoms. The van der Waals surface area contributed by atoms with E-state index >= 15 is 0 Å². The lowest BCUT2D eigenvalue weighted by atomic mass is 10.1. The van der Waals surface area contributed by atoms with E-state index in [1.165, 1.54) is 18.5 Å². The second-order valence-corrected chi connectivity index (χ2v) is 6.23. The molecule has 1 aromatic rings. The molecule has 0 radical (unpaired) electrons. The third kappa shape index (κ3) is 4.45. The van der Waals surface area contributed by atoms with E-state index in [1.54, 1.807) is 0 Å². The predicted molar refractivity (Wildman–Crippen MR) is 74.1 cm³/mol. The Bertz CT molecular complexity index is 503. The lowest BCUT2D eigenvalue weighted by molar-refractivity contribution is 0.116. The van der Waals surface area contributed by atoms with E-state index in [0.29, 0.717) is 13.2 Å². The van der Waals surface area contributed by atoms with Crippen LogP contribution in [0.2, 0.25) is 0 Å². The summed E-state index contributed by atoms with van der Waals surface area (Å²) >= 11 is 0. The van der Waals surface area contributed by atoms with Crippen molar-refractivity contribution in [2.45, 2.75) is 31.7 Å². The summed E-state index contributed by atoms with van der Waals surface area (Å²) in [6.45, 7) is 6.59. The Labute approximate surface area is 114 Å². The molecule has 1 rings (SSSR count). The van der Waals surface area contributed by atoms with Crippen molar-refractivity contribution in [3.8, 4) is 0 Å². The molecule has 6 nitrogen and oxygen atoms in total. The zero-order chi connectivity index (χ0) is 14.5. The van der Waals surface area contributed by atoms with Gasteiger partial charge in [0.15, 0.2) is 0 Å². The molecule has 108 valence electrons. The molecule has 0 aliphatic carbocycles. The first-order chi connectivity index (χ1) is 8.88. The van der Waals surface area contributed by atoms with E-state index in [2.05, 4.69) is 9.71 Å². The second kappa shape index (κ2) is 6.83. The quantitative estimate of drug-likeness (QED) is 0.780. The smallest absolute Gasteiger partial charge is 0.244 e. The normalized spacial score (nSPS) is 13.7. The van der Waals surface area contributed by atoms with Crippen molar-refractivity contribution < 1.29 is 13.2 Å². The molecule has 0 amide bonds. The first-order valence-corrected chi connectivity index (χ1v) is 7.66. The van der Waals surface area contributed by atoms with Gasteiger partial charge >= 0.3 is 0 Å². The fraction of sp³-hybridized carbons (Fsp3) is 0.583. The average molecular weight is 287 g/mol. The summed E-state index contributed by atoms with van der Waals surface area (Å²) in [5, 5.41) is 0. The summed E-state index contributed by atoms with van der Waals surface area (Å²) in [6, 6.07) is 1.16. The lowest BCUT2D eigenvalue weighted by Gasteiger charge is -2.22. The van der Waals surface area contributed by atoms with E-state index < -0.39 is 10.0 Å². The van der Waals surface area contributed by atoms with Gasteiger partial charge in [0.2, 0.25) is 10.0 Å². The summed E-state index contributed by atoms with van der Waals surface area (Å²) < 4.78 is 32.4. The van der Waals surface area contributed by atoms with Crippen LogP contribution in [0.4, 0.5) is 5.69 Å². The molecule has 0 aliphatic rings. The van der Waals surface area contributed by atoms with E-state index in [1.807, 2.05) is 20.8 Å². The molecule has 1 atom stereocenters. The maximum Gasteiger partial charge on any atom is 0.244 e. The van der Waals surface area contributed by atoms with Crippen molar-refractivity contribution in [2.75, 3.05) is 18.9 Å². The van der Waals surface area contributed by atoms with Crippen molar-refractivity contribution in [1.29, 1.82) is 0 Å². The topological polar surface area (TPSA) is 94.3 Å². The van der Waals surface area contributed by atoms with Gasteiger partial charge in [-0.15, -0.1) is 0 Å². The minimum Gasteiger partial charge on any atom is -0.398 e. The van der Waals surface area contributed by atoms with Crippen LogP contribution in [0.3, 0.4) is 0 Å². The molecule has 0 saturated carbocycles. The molecule has 0 aromatic carbocycles. The van der Waals surface area contributed by atoms with Crippen LogP contribution in [0.5, 0.6) is 0 Å². The number of nitrogen functional groups attached to an aromatic ring is 1. The molecular weight excluding hydrogens is 266 g/mol. The average Bonchev–Trinajstić information content (AvgIpc) is 2.34. The van der Waals surface area contributed by atoms with E-state index in [-0.39, 0.29) is 22.5 Å². The van der Waals surface area contributed by atoms with Gasteiger partial charge in [0.25, 0.3) is 0 Å². The second-order valence-electron chi connectivity index (χ2n) is 4.54. The number of hydrogen-bond acceptors (Lipinski definition) is 5. The molecule has 0 aliphatic heterocycles. The van der Waals surface area contributed by atoms with Crippen LogP contribution in [-0.2, 0) is 14.8 Å². The van der Waals surface area contributed by atoms with Crippen LogP contribution in [0.15, 0.2) is 23.4 Å². The maximum atomic E-state index is 12.2. The van der Waals surface area contributed by atoms with Gasteiger partial charge in [-0.25, -0.2) is 13.1 Å². The number of nitrogens with one attached hydrogen (secondary N) is 1. The minimum atomic E-state index is -3.68. The number of nitrogens with zero attached hydrogens (tertiary/aromatic N) is 1. The number of rotatable bonds is 7. The van der Waals surface area contributed by atoms with Crippen LogP contribution < -0.4 is 10.5 Å². The zero-order valence-corrected chi connectivity index (χ0v) is 12.3. The Morgan fingerprint density at radius 2 is 2.16 bits per heavy atom. The van der Waals surface area contributed by atoms with Gasteiger partial charge in [-0.05, 0) is 18.9 Å². The highest BCUT2D eigenvalue weighted by molar-refractivity contribution is 7.89. The van der Waals surface area contributed by atoms with Crippen LogP contribution in [0, 0.1) is 5.92 Å². The fourth-order valence-corrected chi connectivity index (χ4v) is 2.93. The SMILES string of the molecule is CCOCC(NS(=O)(=O)c1cnccc1N)C(C)C. The first kappa shape index (κ1) is 15.9. The van der Waals surface area contributed by atoms with Crippen LogP contribution >= 0.6 is 0 Å². The number of aromatic nitrogens is 1. The number of ether oxygens (including phenoxy) is 1. The largest absolute Gasteiger partial charge is 0.398 e. The van der Waals surface area contributed by atoms with Crippen molar-refractivity contribution >= 4 is 15.7 Å². The van der Waals surface area contributed by atoms with Gasteiger partial charge < -0.3 is 10.5 Å². The molecular formula is C12H21N3O3S. The summed E-state index contributed by atoms with van der Waals surface area (Å²) in [7, 11) is -3.68. The van der Waals surface area contributed by atoms with Gasteiger partial charge in [0, 0.05) is 25.0 Å². The Kier molecular flexibility index (Phi) is 5.71. The number of hydrogen-bond donors (Lipinski definition) is 2. The van der Waals surface area contributed by atoms with Gasteiger partial charge in [-0.3, -0.25) is 4.98 Å². The number of sulfonamides is 1. The molecule has 1 aromatic heterocycles. The summed E-state index contributed by atoms with van der Waals surface area (Å²) in [6.07, 6.45) is 2.70. The van der Waals surface area contributed by atoms with E-state index in [9.17, 15) is 8.42 Å². The first-order valence-electron chi connectivity index (χ1n) is 6.18. The molecule has 1 unspecified atom stereocenters. The van der Waals surface area contributed by atoms with Crippen LogP contribution in [-0.4, -0.2) is 32.7 Å². The van der Waals surface area contributed by atoms with E-state index in [4.69, 9.17) is 10.5 Å². The number of pyridine rings is 1. The molecule has 0 spiro atoms. The van der Waals surface area contributed by atoms with Gasteiger partial charge in [-0.2, -0.15) is 0 Å². The van der Waals surface area contributed by atoms with Crippen LogP contribution in [0.1, 0.15) is 20.8 Å². The standard InChI is InChI=1S/C12H21N3O3S/c1-4-18-8-11(9(2)3)15-19(16,17)12-7-14-6-5-10(12)13/h5-7,9,11,15H,4,8H2,1-3H3,(H2,13,14). The summed E-state index contributed by atoms with van der Waals surface area (Å²) in [4.78, 5) is 3.79. The van der Waals surface area contributed by atoms with Gasteiger partial charge in [-0.1, -0.05) is 13.8 Å². The Morgan fingerprint density at radius 3 is 2.68 bits per heavy atom. The van der Waals surface area contributed by atoms with Crippen molar-refractivity contribution in [2.24, 2.45) is 5.92 Å². The highest BCUT2D eigenvalue weighted by atomic mass is 32.2. The van der Waals surface area contributed by atoms with Crippen molar-refractivity contribution in [3.05, 3.63) is 18.5 Å². The Hall–Kier alpha value is -1.18. The molecule has 0 fully saturated rings. The van der Waals surface area contributed by atoms with Crippen molar-refractivity contribution in [1.82, 2.24) is 9.71 Å². The third-order valence-electron chi connectivity index (χ3n) is 2.72. The molecule has 1 heterocycles. The molecule has 7 heteroatoms. The minimum absolute atomic E-state index is 0.00264.